The zero-order valence-electron chi connectivity index (χ0n) is 11.3. The van der Waals surface area contributed by atoms with Gasteiger partial charge in [0.1, 0.15) is 17.4 Å². The Morgan fingerprint density at radius 2 is 2.11 bits per heavy atom. The van der Waals surface area contributed by atoms with Crippen molar-refractivity contribution in [3.63, 3.8) is 0 Å². The maximum atomic E-state index is 11.7. The summed E-state index contributed by atoms with van der Waals surface area (Å²) in [5, 5.41) is 0. The number of aromatic nitrogens is 1. The first kappa shape index (κ1) is 14.4. The van der Waals surface area contributed by atoms with Crippen molar-refractivity contribution in [1.82, 2.24) is 4.98 Å². The number of rotatable bonds is 4. The van der Waals surface area contributed by atoms with Crippen molar-refractivity contribution in [2.24, 2.45) is 5.73 Å². The number of methoxy groups -OCH3 is 1. The van der Waals surface area contributed by atoms with Gasteiger partial charge in [0, 0.05) is 6.20 Å². The van der Waals surface area contributed by atoms with Crippen LogP contribution in [0.4, 0.5) is 0 Å². The third kappa shape index (κ3) is 4.71. The Morgan fingerprint density at radius 1 is 1.44 bits per heavy atom. The fraction of sp³-hybridized carbons (Fsp3) is 0.538. The number of pyridine rings is 1. The van der Waals surface area contributed by atoms with Crippen molar-refractivity contribution in [3.8, 4) is 5.75 Å². The van der Waals surface area contributed by atoms with Gasteiger partial charge >= 0.3 is 5.97 Å². The quantitative estimate of drug-likeness (QED) is 0.818. The van der Waals surface area contributed by atoms with E-state index in [0.29, 0.717) is 12.2 Å². The fourth-order valence-electron chi connectivity index (χ4n) is 1.40. The second-order valence-corrected chi connectivity index (χ2v) is 5.08. The van der Waals surface area contributed by atoms with E-state index in [1.54, 1.807) is 25.6 Å². The molecule has 0 unspecified atom stereocenters. The first-order chi connectivity index (χ1) is 8.31. The zero-order chi connectivity index (χ0) is 13.8. The van der Waals surface area contributed by atoms with Crippen molar-refractivity contribution in [1.29, 1.82) is 0 Å². The molecule has 0 aromatic carbocycles. The van der Waals surface area contributed by atoms with Crippen LogP contribution in [0, 0.1) is 0 Å². The molecule has 0 fully saturated rings. The summed E-state index contributed by atoms with van der Waals surface area (Å²) in [6.07, 6.45) is 3.63. The van der Waals surface area contributed by atoms with Crippen molar-refractivity contribution in [2.75, 3.05) is 7.11 Å². The lowest BCUT2D eigenvalue weighted by atomic mass is 10.1. The van der Waals surface area contributed by atoms with Crippen LogP contribution in [0.1, 0.15) is 26.3 Å². The molecule has 0 amide bonds. The summed E-state index contributed by atoms with van der Waals surface area (Å²) >= 11 is 0. The van der Waals surface area contributed by atoms with E-state index in [2.05, 4.69) is 4.98 Å². The number of esters is 1. The van der Waals surface area contributed by atoms with Gasteiger partial charge in [0.2, 0.25) is 0 Å². The molecule has 0 aliphatic carbocycles. The molecule has 1 aromatic rings. The van der Waals surface area contributed by atoms with E-state index in [1.165, 1.54) is 0 Å². The highest BCUT2D eigenvalue weighted by atomic mass is 16.6. The highest BCUT2D eigenvalue weighted by Crippen LogP contribution is 2.13. The van der Waals surface area contributed by atoms with E-state index in [1.807, 2.05) is 20.8 Å². The summed E-state index contributed by atoms with van der Waals surface area (Å²) in [4.78, 5) is 15.7. The molecular weight excluding hydrogens is 232 g/mol. The fourth-order valence-corrected chi connectivity index (χ4v) is 1.40. The first-order valence-corrected chi connectivity index (χ1v) is 5.78. The van der Waals surface area contributed by atoms with Crippen molar-refractivity contribution in [3.05, 3.63) is 24.0 Å². The monoisotopic (exact) mass is 252 g/mol. The van der Waals surface area contributed by atoms with E-state index in [0.717, 1.165) is 5.56 Å². The molecule has 100 valence electrons. The molecule has 0 spiro atoms. The topological polar surface area (TPSA) is 74.4 Å². The largest absolute Gasteiger partial charge is 0.495 e. The van der Waals surface area contributed by atoms with E-state index >= 15 is 0 Å². The molecule has 18 heavy (non-hydrogen) atoms. The number of nitrogens with two attached hydrogens (primary N) is 1. The van der Waals surface area contributed by atoms with Crippen LogP contribution >= 0.6 is 0 Å². The number of hydrogen-bond acceptors (Lipinski definition) is 5. The van der Waals surface area contributed by atoms with Gasteiger partial charge in [-0.2, -0.15) is 0 Å². The van der Waals surface area contributed by atoms with Gasteiger partial charge in [-0.25, -0.2) is 0 Å². The predicted molar refractivity (Wildman–Crippen MR) is 68.3 cm³/mol. The Hall–Kier alpha value is -1.62. The molecule has 0 saturated carbocycles. The van der Waals surface area contributed by atoms with E-state index in [9.17, 15) is 4.79 Å². The number of hydrogen-bond donors (Lipinski definition) is 1. The molecule has 1 heterocycles. The highest BCUT2D eigenvalue weighted by molar-refractivity contribution is 5.76. The molecule has 1 atom stereocenters. The van der Waals surface area contributed by atoms with Gasteiger partial charge in [0.25, 0.3) is 0 Å². The average Bonchev–Trinajstić information content (AvgIpc) is 2.27. The summed E-state index contributed by atoms with van der Waals surface area (Å²) in [5.41, 5.74) is 6.12. The molecule has 1 aromatic heterocycles. The molecule has 2 N–H and O–H groups in total. The molecule has 0 radical (unpaired) electrons. The van der Waals surface area contributed by atoms with E-state index in [-0.39, 0.29) is 0 Å². The Balaban J connectivity index is 2.63. The Labute approximate surface area is 107 Å². The van der Waals surface area contributed by atoms with Gasteiger partial charge in [0.15, 0.2) is 0 Å². The summed E-state index contributed by atoms with van der Waals surface area (Å²) in [7, 11) is 1.56. The van der Waals surface area contributed by atoms with Gasteiger partial charge in [0.05, 0.1) is 13.3 Å². The van der Waals surface area contributed by atoms with Crippen LogP contribution in [0.2, 0.25) is 0 Å². The summed E-state index contributed by atoms with van der Waals surface area (Å²) in [6.45, 7) is 5.43. The number of nitrogens with zero attached hydrogens (tertiary/aromatic N) is 1. The van der Waals surface area contributed by atoms with Crippen LogP contribution in [0.25, 0.3) is 0 Å². The standard InChI is InChI=1S/C13H20N2O3/c1-13(2,3)18-12(16)11(14)6-9-5-10(17-4)8-15-7-9/h5,7-8,11H,6,14H2,1-4H3/t11-/m0/s1. The summed E-state index contributed by atoms with van der Waals surface area (Å²) in [6, 6.07) is 1.11. The number of ether oxygens (including phenoxy) is 2. The zero-order valence-corrected chi connectivity index (χ0v) is 11.3. The smallest absolute Gasteiger partial charge is 0.323 e. The lowest BCUT2D eigenvalue weighted by molar-refractivity contribution is -0.156. The maximum absolute atomic E-state index is 11.7. The van der Waals surface area contributed by atoms with E-state index in [4.69, 9.17) is 15.2 Å². The van der Waals surface area contributed by atoms with Crippen LogP contribution < -0.4 is 10.5 Å². The lowest BCUT2D eigenvalue weighted by Gasteiger charge is -2.22. The maximum Gasteiger partial charge on any atom is 0.323 e. The van der Waals surface area contributed by atoms with Crippen molar-refractivity contribution >= 4 is 5.97 Å². The van der Waals surface area contributed by atoms with Crippen molar-refractivity contribution in [2.45, 2.75) is 38.8 Å². The molecular formula is C13H20N2O3. The van der Waals surface area contributed by atoms with Gasteiger partial charge in [-0.3, -0.25) is 9.78 Å². The second kappa shape index (κ2) is 5.82. The highest BCUT2D eigenvalue weighted by Gasteiger charge is 2.22. The first-order valence-electron chi connectivity index (χ1n) is 5.78. The minimum Gasteiger partial charge on any atom is -0.495 e. The van der Waals surface area contributed by atoms with Gasteiger partial charge in [-0.05, 0) is 38.8 Å². The minimum absolute atomic E-state index is 0.374. The second-order valence-electron chi connectivity index (χ2n) is 5.08. The van der Waals surface area contributed by atoms with Crippen molar-refractivity contribution < 1.29 is 14.3 Å². The molecule has 0 bridgehead atoms. The van der Waals surface area contributed by atoms with Gasteiger partial charge in [-0.15, -0.1) is 0 Å². The third-order valence-electron chi connectivity index (χ3n) is 2.17. The number of carbonyl (C=O) groups excluding carboxylic acids is 1. The van der Waals surface area contributed by atoms with Crippen LogP contribution in [0.15, 0.2) is 18.5 Å². The number of carbonyl (C=O) groups is 1. The molecule has 5 heteroatoms. The molecule has 1 rings (SSSR count). The van der Waals surface area contributed by atoms with Crippen LogP contribution in [0.3, 0.4) is 0 Å². The predicted octanol–water partition coefficient (Wildman–Crippen LogP) is 1.30. The molecule has 0 aliphatic heterocycles. The van der Waals surface area contributed by atoms with E-state index < -0.39 is 17.6 Å². The lowest BCUT2D eigenvalue weighted by Crippen LogP contribution is -2.38. The summed E-state index contributed by atoms with van der Waals surface area (Å²) in [5.74, 6) is 0.231. The molecule has 5 nitrogen and oxygen atoms in total. The Kier molecular flexibility index (Phi) is 4.67. The Morgan fingerprint density at radius 3 is 2.67 bits per heavy atom. The van der Waals surface area contributed by atoms with Gasteiger partial charge < -0.3 is 15.2 Å². The average molecular weight is 252 g/mol. The molecule has 0 saturated heterocycles. The summed E-state index contributed by atoms with van der Waals surface area (Å²) < 4.78 is 10.3. The third-order valence-corrected chi connectivity index (χ3v) is 2.17. The van der Waals surface area contributed by atoms with Crippen LogP contribution in [0.5, 0.6) is 5.75 Å². The van der Waals surface area contributed by atoms with Crippen LogP contribution in [-0.4, -0.2) is 29.7 Å². The normalized spacial score (nSPS) is 12.9. The SMILES string of the molecule is COc1cncc(C[C@H](N)C(=O)OC(C)(C)C)c1. The van der Waals surface area contributed by atoms with Crippen LogP contribution in [-0.2, 0) is 16.0 Å². The minimum atomic E-state index is -0.696. The molecule has 0 aliphatic rings. The Bertz CT molecular complexity index is 413. The van der Waals surface area contributed by atoms with Gasteiger partial charge in [-0.1, -0.05) is 0 Å².